The van der Waals surface area contributed by atoms with E-state index in [-0.39, 0.29) is 10.6 Å². The lowest BCUT2D eigenvalue weighted by Crippen LogP contribution is -2.38. The molecule has 19 heavy (non-hydrogen) atoms. The highest BCUT2D eigenvalue weighted by Crippen LogP contribution is 2.25. The third-order valence-corrected chi connectivity index (χ3v) is 3.58. The smallest absolute Gasteiger partial charge is 0.311 e. The van der Waals surface area contributed by atoms with E-state index in [0.717, 1.165) is 19.6 Å². The first kappa shape index (κ1) is 13.7. The third kappa shape index (κ3) is 3.41. The van der Waals surface area contributed by atoms with Crippen LogP contribution < -0.4 is 4.90 Å². The summed E-state index contributed by atoms with van der Waals surface area (Å²) in [7, 11) is 4.00. The molecule has 6 nitrogen and oxygen atoms in total. The third-order valence-electron chi connectivity index (χ3n) is 3.58. The second kappa shape index (κ2) is 5.97. The largest absolute Gasteiger partial charge is 0.354 e. The first-order chi connectivity index (χ1) is 9.08. The molecule has 1 aliphatic heterocycles. The second-order valence-corrected chi connectivity index (χ2v) is 5.25. The molecule has 104 valence electrons. The molecule has 6 heteroatoms. The van der Waals surface area contributed by atoms with E-state index in [2.05, 4.69) is 16.9 Å². The zero-order valence-electron chi connectivity index (χ0n) is 11.5. The van der Waals surface area contributed by atoms with Crippen molar-refractivity contribution in [2.75, 3.05) is 38.6 Å². The number of nitro groups is 1. The summed E-state index contributed by atoms with van der Waals surface area (Å²) in [4.78, 5) is 19.0. The van der Waals surface area contributed by atoms with Crippen LogP contribution >= 0.6 is 0 Å². The number of rotatable bonds is 4. The SMILES string of the molecule is CN1CCCC(CN(C)c2ncccc2[N+](=O)[O-])C1. The Balaban J connectivity index is 2.07. The highest BCUT2D eigenvalue weighted by Gasteiger charge is 2.23. The van der Waals surface area contributed by atoms with Crippen LogP contribution in [0.15, 0.2) is 18.3 Å². The van der Waals surface area contributed by atoms with Crippen molar-refractivity contribution in [1.29, 1.82) is 0 Å². The van der Waals surface area contributed by atoms with Crippen molar-refractivity contribution >= 4 is 11.5 Å². The van der Waals surface area contributed by atoms with Crippen LogP contribution in [-0.2, 0) is 0 Å². The molecular formula is C13H20N4O2. The van der Waals surface area contributed by atoms with Gasteiger partial charge in [0.15, 0.2) is 0 Å². The summed E-state index contributed by atoms with van der Waals surface area (Å²) in [5.41, 5.74) is 0.0779. The second-order valence-electron chi connectivity index (χ2n) is 5.25. The number of pyridine rings is 1. The molecule has 0 spiro atoms. The van der Waals surface area contributed by atoms with Crippen LogP contribution in [0.25, 0.3) is 0 Å². The van der Waals surface area contributed by atoms with Crippen molar-refractivity contribution in [2.24, 2.45) is 5.92 Å². The maximum atomic E-state index is 11.0. The highest BCUT2D eigenvalue weighted by molar-refractivity contribution is 5.56. The fraction of sp³-hybridized carbons (Fsp3) is 0.615. The molecule has 1 atom stereocenters. The Hall–Kier alpha value is -1.69. The highest BCUT2D eigenvalue weighted by atomic mass is 16.6. The summed E-state index contributed by atoms with van der Waals surface area (Å²) in [6.07, 6.45) is 3.97. The lowest BCUT2D eigenvalue weighted by Gasteiger charge is -2.32. The van der Waals surface area contributed by atoms with Crippen LogP contribution in [0.1, 0.15) is 12.8 Å². The van der Waals surface area contributed by atoms with E-state index in [9.17, 15) is 10.1 Å². The van der Waals surface area contributed by atoms with Gasteiger partial charge in [0.25, 0.3) is 0 Å². The molecule has 0 amide bonds. The number of anilines is 1. The maximum absolute atomic E-state index is 11.0. The van der Waals surface area contributed by atoms with Crippen LogP contribution in [0.3, 0.4) is 0 Å². The summed E-state index contributed by atoms with van der Waals surface area (Å²) in [6, 6.07) is 3.11. The van der Waals surface area contributed by atoms with Crippen molar-refractivity contribution in [3.05, 3.63) is 28.4 Å². The minimum atomic E-state index is -0.369. The van der Waals surface area contributed by atoms with Gasteiger partial charge in [-0.1, -0.05) is 0 Å². The molecule has 0 saturated carbocycles. The van der Waals surface area contributed by atoms with E-state index in [1.807, 2.05) is 11.9 Å². The van der Waals surface area contributed by atoms with E-state index in [1.165, 1.54) is 18.9 Å². The first-order valence-electron chi connectivity index (χ1n) is 6.57. The fourth-order valence-electron chi connectivity index (χ4n) is 2.72. The zero-order chi connectivity index (χ0) is 13.8. The average molecular weight is 264 g/mol. The number of piperidine rings is 1. The summed E-state index contributed by atoms with van der Waals surface area (Å²) >= 11 is 0. The molecule has 0 radical (unpaired) electrons. The first-order valence-corrected chi connectivity index (χ1v) is 6.57. The topological polar surface area (TPSA) is 62.5 Å². The van der Waals surface area contributed by atoms with Crippen molar-refractivity contribution in [3.8, 4) is 0 Å². The normalized spacial score (nSPS) is 20.2. The minimum absolute atomic E-state index is 0.0779. The van der Waals surface area contributed by atoms with Crippen LogP contribution in [0.2, 0.25) is 0 Å². The number of likely N-dealkylation sites (tertiary alicyclic amines) is 1. The molecule has 0 bridgehead atoms. The minimum Gasteiger partial charge on any atom is -0.354 e. The average Bonchev–Trinajstić information content (AvgIpc) is 2.38. The Morgan fingerprint density at radius 1 is 1.63 bits per heavy atom. The Morgan fingerprint density at radius 3 is 3.11 bits per heavy atom. The quantitative estimate of drug-likeness (QED) is 0.612. The Kier molecular flexibility index (Phi) is 4.31. The predicted molar refractivity (Wildman–Crippen MR) is 74.4 cm³/mol. The van der Waals surface area contributed by atoms with Gasteiger partial charge in [-0.05, 0) is 38.4 Å². The van der Waals surface area contributed by atoms with Crippen molar-refractivity contribution in [2.45, 2.75) is 12.8 Å². The lowest BCUT2D eigenvalue weighted by molar-refractivity contribution is -0.384. The van der Waals surface area contributed by atoms with Gasteiger partial charge in [0, 0.05) is 32.4 Å². The number of hydrogen-bond donors (Lipinski definition) is 0. The molecule has 0 aliphatic carbocycles. The van der Waals surface area contributed by atoms with Crippen molar-refractivity contribution < 1.29 is 4.92 Å². The van der Waals surface area contributed by atoms with Crippen LogP contribution in [0, 0.1) is 16.0 Å². The van der Waals surface area contributed by atoms with Gasteiger partial charge in [-0.15, -0.1) is 0 Å². The van der Waals surface area contributed by atoms with Crippen LogP contribution in [0.5, 0.6) is 0 Å². The molecule has 1 fully saturated rings. The molecule has 1 aromatic rings. The molecule has 1 aromatic heterocycles. The summed E-state index contributed by atoms with van der Waals surface area (Å²) < 4.78 is 0. The van der Waals surface area contributed by atoms with Gasteiger partial charge in [0.1, 0.15) is 0 Å². The molecule has 0 N–H and O–H groups in total. The monoisotopic (exact) mass is 264 g/mol. The molecular weight excluding hydrogens is 244 g/mol. The molecule has 1 aliphatic rings. The predicted octanol–water partition coefficient (Wildman–Crippen LogP) is 1.77. The molecule has 2 rings (SSSR count). The van der Waals surface area contributed by atoms with E-state index in [4.69, 9.17) is 0 Å². The lowest BCUT2D eigenvalue weighted by atomic mass is 9.98. The Bertz CT molecular complexity index is 452. The van der Waals surface area contributed by atoms with E-state index >= 15 is 0 Å². The summed E-state index contributed by atoms with van der Waals surface area (Å²) in [5, 5.41) is 11.0. The van der Waals surface area contributed by atoms with Gasteiger partial charge in [-0.3, -0.25) is 10.1 Å². The fourth-order valence-corrected chi connectivity index (χ4v) is 2.72. The van der Waals surface area contributed by atoms with Gasteiger partial charge < -0.3 is 9.80 Å². The van der Waals surface area contributed by atoms with Crippen molar-refractivity contribution in [1.82, 2.24) is 9.88 Å². The molecule has 0 aromatic carbocycles. The van der Waals surface area contributed by atoms with E-state index in [0.29, 0.717) is 11.7 Å². The summed E-state index contributed by atoms with van der Waals surface area (Å²) in [5.74, 6) is 1.01. The molecule has 1 saturated heterocycles. The number of nitrogens with zero attached hydrogens (tertiary/aromatic N) is 4. The van der Waals surface area contributed by atoms with Gasteiger partial charge >= 0.3 is 5.69 Å². The van der Waals surface area contributed by atoms with Crippen molar-refractivity contribution in [3.63, 3.8) is 0 Å². The summed E-state index contributed by atoms with van der Waals surface area (Å²) in [6.45, 7) is 3.00. The van der Waals surface area contributed by atoms with Gasteiger partial charge in [-0.25, -0.2) is 4.98 Å². The van der Waals surface area contributed by atoms with Crippen LogP contribution in [-0.4, -0.2) is 48.5 Å². The van der Waals surface area contributed by atoms with Gasteiger partial charge in [0.05, 0.1) is 4.92 Å². The number of aromatic nitrogens is 1. The number of hydrogen-bond acceptors (Lipinski definition) is 5. The zero-order valence-corrected chi connectivity index (χ0v) is 11.5. The van der Waals surface area contributed by atoms with E-state index < -0.39 is 0 Å². The maximum Gasteiger partial charge on any atom is 0.311 e. The van der Waals surface area contributed by atoms with Gasteiger partial charge in [0.2, 0.25) is 5.82 Å². The standard InChI is InChI=1S/C13H20N4O2/c1-15-8-4-5-11(9-15)10-16(2)13-12(17(18)19)6-3-7-14-13/h3,6-7,11H,4-5,8-10H2,1-2H3. The Labute approximate surface area is 113 Å². The van der Waals surface area contributed by atoms with E-state index in [1.54, 1.807) is 12.3 Å². The molecule has 2 heterocycles. The molecule has 1 unspecified atom stereocenters. The van der Waals surface area contributed by atoms with Crippen LogP contribution in [0.4, 0.5) is 11.5 Å². The van der Waals surface area contributed by atoms with Gasteiger partial charge in [-0.2, -0.15) is 0 Å². The Morgan fingerprint density at radius 2 is 2.42 bits per heavy atom.